The van der Waals surface area contributed by atoms with Gasteiger partial charge in [-0.2, -0.15) is 0 Å². The predicted octanol–water partition coefficient (Wildman–Crippen LogP) is -0.404. The zero-order chi connectivity index (χ0) is 14.5. The average Bonchev–Trinajstić information content (AvgIpc) is 2.91. The number of rotatable bonds is 5. The van der Waals surface area contributed by atoms with Crippen LogP contribution in [0.4, 0.5) is 0 Å². The third kappa shape index (κ3) is 3.58. The van der Waals surface area contributed by atoms with E-state index in [0.29, 0.717) is 31.9 Å². The van der Waals surface area contributed by atoms with Crippen LogP contribution in [0.15, 0.2) is 22.8 Å². The molecule has 1 aliphatic rings. The van der Waals surface area contributed by atoms with Crippen molar-refractivity contribution in [3.63, 3.8) is 0 Å². The van der Waals surface area contributed by atoms with Gasteiger partial charge in [-0.05, 0) is 12.1 Å². The maximum absolute atomic E-state index is 12.1. The molecule has 1 amide bonds. The number of furan rings is 1. The van der Waals surface area contributed by atoms with Crippen LogP contribution in [0.5, 0.6) is 0 Å². The standard InChI is InChI=1S/C13H19N3O4/c1-15(8-10-3-2-6-20-10)12(17)9-16-5-4-14-7-11(16)13(18)19/h2-3,6,11,14H,4-5,7-9H2,1H3,(H,18,19). The van der Waals surface area contributed by atoms with Crippen molar-refractivity contribution < 1.29 is 19.1 Å². The van der Waals surface area contributed by atoms with Gasteiger partial charge in [0.25, 0.3) is 0 Å². The number of carbonyl (C=O) groups excluding carboxylic acids is 1. The van der Waals surface area contributed by atoms with Crippen molar-refractivity contribution >= 4 is 11.9 Å². The SMILES string of the molecule is CN(Cc1ccco1)C(=O)CN1CCNCC1C(=O)O. The molecule has 1 aromatic heterocycles. The van der Waals surface area contributed by atoms with Gasteiger partial charge in [0.15, 0.2) is 0 Å². The molecule has 0 spiro atoms. The molecule has 2 rings (SSSR count). The van der Waals surface area contributed by atoms with E-state index in [2.05, 4.69) is 5.32 Å². The number of piperazine rings is 1. The molecule has 0 radical (unpaired) electrons. The molecule has 0 bridgehead atoms. The number of hydrogen-bond donors (Lipinski definition) is 2. The van der Waals surface area contributed by atoms with E-state index in [1.54, 1.807) is 35.2 Å². The van der Waals surface area contributed by atoms with Crippen LogP contribution in [0.2, 0.25) is 0 Å². The Hall–Kier alpha value is -1.86. The molecule has 0 aromatic carbocycles. The van der Waals surface area contributed by atoms with Gasteiger partial charge in [0, 0.05) is 26.7 Å². The molecule has 2 heterocycles. The lowest BCUT2D eigenvalue weighted by Crippen LogP contribution is -2.57. The molecule has 2 N–H and O–H groups in total. The molecule has 7 nitrogen and oxygen atoms in total. The highest BCUT2D eigenvalue weighted by atomic mass is 16.4. The van der Waals surface area contributed by atoms with Gasteiger partial charge in [0.1, 0.15) is 11.8 Å². The van der Waals surface area contributed by atoms with Gasteiger partial charge in [-0.25, -0.2) is 0 Å². The second-order valence-corrected chi connectivity index (χ2v) is 4.86. The molecule has 1 aromatic rings. The summed E-state index contributed by atoms with van der Waals surface area (Å²) in [6, 6.07) is 2.92. The molecule has 0 saturated carbocycles. The van der Waals surface area contributed by atoms with Gasteiger partial charge in [-0.1, -0.05) is 0 Å². The van der Waals surface area contributed by atoms with E-state index in [1.165, 1.54) is 0 Å². The minimum atomic E-state index is -0.904. The number of nitrogens with zero attached hydrogens (tertiary/aromatic N) is 2. The number of likely N-dealkylation sites (N-methyl/N-ethyl adjacent to an activating group) is 1. The first-order valence-electron chi connectivity index (χ1n) is 6.52. The minimum Gasteiger partial charge on any atom is -0.480 e. The maximum Gasteiger partial charge on any atom is 0.322 e. The molecule has 1 fully saturated rings. The van der Waals surface area contributed by atoms with Crippen LogP contribution >= 0.6 is 0 Å². The van der Waals surface area contributed by atoms with Crippen molar-refractivity contribution in [1.82, 2.24) is 15.1 Å². The molecule has 20 heavy (non-hydrogen) atoms. The van der Waals surface area contributed by atoms with Crippen molar-refractivity contribution in [2.45, 2.75) is 12.6 Å². The Kier molecular flexibility index (Phi) is 4.75. The van der Waals surface area contributed by atoms with E-state index < -0.39 is 12.0 Å². The molecule has 1 unspecified atom stereocenters. The normalized spacial score (nSPS) is 19.8. The Labute approximate surface area is 117 Å². The van der Waals surface area contributed by atoms with Gasteiger partial charge < -0.3 is 19.7 Å². The molecule has 1 atom stereocenters. The first-order valence-corrected chi connectivity index (χ1v) is 6.52. The summed E-state index contributed by atoms with van der Waals surface area (Å²) < 4.78 is 5.19. The van der Waals surface area contributed by atoms with Crippen molar-refractivity contribution in [3.05, 3.63) is 24.2 Å². The first kappa shape index (κ1) is 14.5. The fourth-order valence-electron chi connectivity index (χ4n) is 2.20. The zero-order valence-electron chi connectivity index (χ0n) is 11.4. The van der Waals surface area contributed by atoms with Crippen molar-refractivity contribution in [2.24, 2.45) is 0 Å². The van der Waals surface area contributed by atoms with Gasteiger partial charge in [-0.15, -0.1) is 0 Å². The van der Waals surface area contributed by atoms with Crippen LogP contribution in [0.25, 0.3) is 0 Å². The fourth-order valence-corrected chi connectivity index (χ4v) is 2.20. The number of carboxylic acid groups (broad SMARTS) is 1. The van der Waals surface area contributed by atoms with E-state index in [1.807, 2.05) is 0 Å². The van der Waals surface area contributed by atoms with E-state index in [-0.39, 0.29) is 12.5 Å². The zero-order valence-corrected chi connectivity index (χ0v) is 11.4. The van der Waals surface area contributed by atoms with Crippen LogP contribution in [-0.4, -0.2) is 66.1 Å². The highest BCUT2D eigenvalue weighted by Gasteiger charge is 2.30. The number of nitrogens with one attached hydrogen (secondary N) is 1. The molecule has 1 saturated heterocycles. The van der Waals surface area contributed by atoms with Crippen LogP contribution in [0.1, 0.15) is 5.76 Å². The van der Waals surface area contributed by atoms with Crippen molar-refractivity contribution in [1.29, 1.82) is 0 Å². The van der Waals surface area contributed by atoms with Crippen LogP contribution in [-0.2, 0) is 16.1 Å². The van der Waals surface area contributed by atoms with E-state index in [4.69, 9.17) is 9.52 Å². The van der Waals surface area contributed by atoms with Crippen molar-refractivity contribution in [2.75, 3.05) is 33.2 Å². The number of hydrogen-bond acceptors (Lipinski definition) is 5. The molecule has 110 valence electrons. The summed E-state index contributed by atoms with van der Waals surface area (Å²) in [7, 11) is 1.68. The second-order valence-electron chi connectivity index (χ2n) is 4.86. The lowest BCUT2D eigenvalue weighted by molar-refractivity contribution is -0.145. The summed E-state index contributed by atoms with van der Waals surface area (Å²) in [4.78, 5) is 26.5. The third-order valence-corrected chi connectivity index (χ3v) is 3.38. The molecule has 0 aliphatic carbocycles. The summed E-state index contributed by atoms with van der Waals surface area (Å²) in [5.74, 6) is -0.316. The van der Waals surface area contributed by atoms with Crippen LogP contribution in [0.3, 0.4) is 0 Å². The van der Waals surface area contributed by atoms with Gasteiger partial charge in [-0.3, -0.25) is 14.5 Å². The predicted molar refractivity (Wildman–Crippen MR) is 71.0 cm³/mol. The van der Waals surface area contributed by atoms with Gasteiger partial charge >= 0.3 is 5.97 Å². The largest absolute Gasteiger partial charge is 0.480 e. The topological polar surface area (TPSA) is 86.0 Å². The Morgan fingerprint density at radius 2 is 2.40 bits per heavy atom. The van der Waals surface area contributed by atoms with Crippen LogP contribution < -0.4 is 5.32 Å². The number of carboxylic acids is 1. The fraction of sp³-hybridized carbons (Fsp3) is 0.538. The monoisotopic (exact) mass is 281 g/mol. The Balaban J connectivity index is 1.90. The average molecular weight is 281 g/mol. The lowest BCUT2D eigenvalue weighted by atomic mass is 10.2. The summed E-state index contributed by atoms with van der Waals surface area (Å²) in [5.41, 5.74) is 0. The summed E-state index contributed by atoms with van der Waals surface area (Å²) in [6.45, 7) is 2.10. The molecule has 1 aliphatic heterocycles. The van der Waals surface area contributed by atoms with Gasteiger partial charge in [0.2, 0.25) is 5.91 Å². The Bertz CT molecular complexity index is 460. The number of aliphatic carboxylic acids is 1. The lowest BCUT2D eigenvalue weighted by Gasteiger charge is -2.33. The summed E-state index contributed by atoms with van der Waals surface area (Å²) in [5, 5.41) is 12.2. The van der Waals surface area contributed by atoms with Crippen LogP contribution in [0, 0.1) is 0 Å². The third-order valence-electron chi connectivity index (χ3n) is 3.38. The highest BCUT2D eigenvalue weighted by molar-refractivity contribution is 5.80. The van der Waals surface area contributed by atoms with Crippen molar-refractivity contribution in [3.8, 4) is 0 Å². The van der Waals surface area contributed by atoms with Gasteiger partial charge in [0.05, 0.1) is 19.4 Å². The summed E-state index contributed by atoms with van der Waals surface area (Å²) in [6.07, 6.45) is 1.56. The maximum atomic E-state index is 12.1. The Morgan fingerprint density at radius 1 is 1.60 bits per heavy atom. The smallest absolute Gasteiger partial charge is 0.322 e. The van der Waals surface area contributed by atoms with E-state index in [9.17, 15) is 9.59 Å². The number of amides is 1. The second kappa shape index (κ2) is 6.53. The van der Waals surface area contributed by atoms with E-state index >= 15 is 0 Å². The molecule has 7 heteroatoms. The highest BCUT2D eigenvalue weighted by Crippen LogP contribution is 2.07. The molecular formula is C13H19N3O4. The summed E-state index contributed by atoms with van der Waals surface area (Å²) >= 11 is 0. The Morgan fingerprint density at radius 3 is 3.05 bits per heavy atom. The molecular weight excluding hydrogens is 262 g/mol. The minimum absolute atomic E-state index is 0.107. The quantitative estimate of drug-likeness (QED) is 0.763. The first-order chi connectivity index (χ1) is 9.58. The number of carbonyl (C=O) groups is 2. The van der Waals surface area contributed by atoms with E-state index in [0.717, 1.165) is 0 Å².